The van der Waals surface area contributed by atoms with Gasteiger partial charge in [-0.05, 0) is 54.4 Å². The van der Waals surface area contributed by atoms with Crippen molar-refractivity contribution in [2.45, 2.75) is 13.5 Å². The van der Waals surface area contributed by atoms with Crippen LogP contribution in [0.5, 0.6) is 5.75 Å². The molecular formula is C22H20Cl2N2O2. The fourth-order valence-electron chi connectivity index (χ4n) is 2.63. The highest BCUT2D eigenvalue weighted by Crippen LogP contribution is 2.27. The zero-order valence-corrected chi connectivity index (χ0v) is 16.8. The van der Waals surface area contributed by atoms with E-state index in [1.807, 2.05) is 67.6 Å². The Bertz CT molecular complexity index is 962. The molecule has 0 aliphatic heterocycles. The van der Waals surface area contributed by atoms with Crippen LogP contribution in [0.4, 0.5) is 11.4 Å². The van der Waals surface area contributed by atoms with E-state index in [0.717, 1.165) is 27.5 Å². The molecule has 0 spiro atoms. The van der Waals surface area contributed by atoms with E-state index < -0.39 is 0 Å². The lowest BCUT2D eigenvalue weighted by molar-refractivity contribution is -0.118. The van der Waals surface area contributed by atoms with Crippen molar-refractivity contribution >= 4 is 40.5 Å². The molecule has 0 heterocycles. The number of hydrogen-bond acceptors (Lipinski definition) is 3. The van der Waals surface area contributed by atoms with Crippen molar-refractivity contribution in [3.8, 4) is 5.75 Å². The Morgan fingerprint density at radius 2 is 1.75 bits per heavy atom. The summed E-state index contributed by atoms with van der Waals surface area (Å²) in [7, 11) is 0. The first-order valence-corrected chi connectivity index (χ1v) is 9.53. The van der Waals surface area contributed by atoms with E-state index in [1.165, 1.54) is 0 Å². The lowest BCUT2D eigenvalue weighted by Crippen LogP contribution is -2.20. The number of rotatable bonds is 7. The molecule has 2 N–H and O–H groups in total. The summed E-state index contributed by atoms with van der Waals surface area (Å²) in [6, 6.07) is 20.4. The number of para-hydroxylation sites is 1. The SMILES string of the molecule is Cc1c(Cl)cccc1NCc1ccc(OCC(=O)Nc2ccccc2)c(Cl)c1. The van der Waals surface area contributed by atoms with Gasteiger partial charge in [0, 0.05) is 22.9 Å². The molecule has 0 bridgehead atoms. The number of ether oxygens (including phenoxy) is 1. The van der Waals surface area contributed by atoms with Gasteiger partial charge in [-0.1, -0.05) is 53.5 Å². The van der Waals surface area contributed by atoms with Crippen LogP contribution in [0, 0.1) is 6.92 Å². The van der Waals surface area contributed by atoms with Crippen molar-refractivity contribution in [2.75, 3.05) is 17.2 Å². The molecule has 0 saturated heterocycles. The zero-order valence-electron chi connectivity index (χ0n) is 15.3. The average molecular weight is 415 g/mol. The van der Waals surface area contributed by atoms with Crippen LogP contribution in [0.15, 0.2) is 66.7 Å². The molecule has 0 radical (unpaired) electrons. The van der Waals surface area contributed by atoms with Gasteiger partial charge in [0.05, 0.1) is 5.02 Å². The number of carbonyl (C=O) groups is 1. The molecule has 3 aromatic carbocycles. The van der Waals surface area contributed by atoms with Crippen molar-refractivity contribution in [3.05, 3.63) is 87.9 Å². The van der Waals surface area contributed by atoms with Gasteiger partial charge < -0.3 is 15.4 Å². The molecule has 0 unspecified atom stereocenters. The van der Waals surface area contributed by atoms with Gasteiger partial charge in [0.15, 0.2) is 6.61 Å². The smallest absolute Gasteiger partial charge is 0.262 e. The Kier molecular flexibility index (Phi) is 6.80. The normalized spacial score (nSPS) is 10.4. The maximum Gasteiger partial charge on any atom is 0.262 e. The van der Waals surface area contributed by atoms with E-state index in [0.29, 0.717) is 17.3 Å². The predicted molar refractivity (Wildman–Crippen MR) is 116 cm³/mol. The fraction of sp³-hybridized carbons (Fsp3) is 0.136. The molecule has 0 aliphatic carbocycles. The largest absolute Gasteiger partial charge is 0.482 e. The summed E-state index contributed by atoms with van der Waals surface area (Å²) in [4.78, 5) is 12.0. The zero-order chi connectivity index (χ0) is 19.9. The Labute approximate surface area is 174 Å². The highest BCUT2D eigenvalue weighted by molar-refractivity contribution is 6.32. The standard InChI is InChI=1S/C22H20Cl2N2O2/c1-15-18(23)8-5-9-20(15)25-13-16-10-11-21(19(24)12-16)28-14-22(27)26-17-6-3-2-4-7-17/h2-12,25H,13-14H2,1H3,(H,26,27). The first-order valence-electron chi connectivity index (χ1n) is 8.78. The van der Waals surface area contributed by atoms with Crippen LogP contribution in [0.2, 0.25) is 10.0 Å². The second-order valence-corrected chi connectivity index (χ2v) is 7.05. The molecule has 6 heteroatoms. The Hall–Kier alpha value is -2.69. The van der Waals surface area contributed by atoms with Crippen molar-refractivity contribution in [1.29, 1.82) is 0 Å². The third kappa shape index (κ3) is 5.41. The second kappa shape index (κ2) is 9.49. The number of amides is 1. The molecule has 28 heavy (non-hydrogen) atoms. The van der Waals surface area contributed by atoms with Gasteiger partial charge >= 0.3 is 0 Å². The van der Waals surface area contributed by atoms with Crippen molar-refractivity contribution in [2.24, 2.45) is 0 Å². The van der Waals surface area contributed by atoms with Gasteiger partial charge in [-0.2, -0.15) is 0 Å². The molecule has 0 saturated carbocycles. The average Bonchev–Trinajstić information content (AvgIpc) is 2.69. The number of nitrogens with one attached hydrogen (secondary N) is 2. The summed E-state index contributed by atoms with van der Waals surface area (Å²) in [5.74, 6) is 0.219. The molecular weight excluding hydrogens is 395 g/mol. The maximum absolute atomic E-state index is 12.0. The van der Waals surface area contributed by atoms with E-state index in [9.17, 15) is 4.79 Å². The van der Waals surface area contributed by atoms with E-state index >= 15 is 0 Å². The number of anilines is 2. The molecule has 3 rings (SSSR count). The second-order valence-electron chi connectivity index (χ2n) is 6.23. The summed E-state index contributed by atoms with van der Waals surface area (Å²) in [6.45, 7) is 2.44. The lowest BCUT2D eigenvalue weighted by atomic mass is 10.1. The van der Waals surface area contributed by atoms with E-state index in [1.54, 1.807) is 6.07 Å². The highest BCUT2D eigenvalue weighted by Gasteiger charge is 2.08. The van der Waals surface area contributed by atoms with Gasteiger partial charge in [0.25, 0.3) is 5.91 Å². The van der Waals surface area contributed by atoms with Gasteiger partial charge in [0.1, 0.15) is 5.75 Å². The van der Waals surface area contributed by atoms with Gasteiger partial charge in [-0.25, -0.2) is 0 Å². The monoisotopic (exact) mass is 414 g/mol. The highest BCUT2D eigenvalue weighted by atomic mass is 35.5. The molecule has 4 nitrogen and oxygen atoms in total. The van der Waals surface area contributed by atoms with Crippen LogP contribution in [-0.4, -0.2) is 12.5 Å². The molecule has 1 amide bonds. The minimum absolute atomic E-state index is 0.117. The van der Waals surface area contributed by atoms with Crippen molar-refractivity contribution in [1.82, 2.24) is 0 Å². The third-order valence-electron chi connectivity index (χ3n) is 4.16. The summed E-state index contributed by atoms with van der Waals surface area (Å²) in [6.07, 6.45) is 0. The number of benzene rings is 3. The Balaban J connectivity index is 1.55. The maximum atomic E-state index is 12.0. The summed E-state index contributed by atoms with van der Waals surface area (Å²) < 4.78 is 5.54. The van der Waals surface area contributed by atoms with E-state index in [4.69, 9.17) is 27.9 Å². The predicted octanol–water partition coefficient (Wildman–Crippen LogP) is 5.93. The third-order valence-corrected chi connectivity index (χ3v) is 4.87. The topological polar surface area (TPSA) is 50.4 Å². The van der Waals surface area contributed by atoms with Crippen LogP contribution >= 0.6 is 23.2 Å². The first-order chi connectivity index (χ1) is 13.5. The van der Waals surface area contributed by atoms with Gasteiger partial charge in [-0.15, -0.1) is 0 Å². The van der Waals surface area contributed by atoms with Crippen LogP contribution in [0.25, 0.3) is 0 Å². The Morgan fingerprint density at radius 1 is 0.964 bits per heavy atom. The molecule has 0 aromatic heterocycles. The summed E-state index contributed by atoms with van der Waals surface area (Å²) >= 11 is 12.4. The van der Waals surface area contributed by atoms with E-state index in [2.05, 4.69) is 10.6 Å². The van der Waals surface area contributed by atoms with Gasteiger partial charge in [0.2, 0.25) is 0 Å². The van der Waals surface area contributed by atoms with Crippen molar-refractivity contribution in [3.63, 3.8) is 0 Å². The van der Waals surface area contributed by atoms with Gasteiger partial charge in [-0.3, -0.25) is 4.79 Å². The number of halogens is 2. The summed E-state index contributed by atoms with van der Waals surface area (Å²) in [5, 5.41) is 7.29. The first kappa shape index (κ1) is 20.1. The Morgan fingerprint density at radius 3 is 2.50 bits per heavy atom. The lowest BCUT2D eigenvalue weighted by Gasteiger charge is -2.12. The van der Waals surface area contributed by atoms with E-state index in [-0.39, 0.29) is 12.5 Å². The molecule has 0 atom stereocenters. The molecule has 3 aromatic rings. The minimum atomic E-state index is -0.246. The molecule has 0 fully saturated rings. The minimum Gasteiger partial charge on any atom is -0.482 e. The van der Waals surface area contributed by atoms with Crippen LogP contribution in [-0.2, 0) is 11.3 Å². The van der Waals surface area contributed by atoms with Crippen molar-refractivity contribution < 1.29 is 9.53 Å². The summed E-state index contributed by atoms with van der Waals surface area (Å²) in [5.41, 5.74) is 3.69. The molecule has 0 aliphatic rings. The van der Waals surface area contributed by atoms with Crippen LogP contribution in [0.1, 0.15) is 11.1 Å². The molecule has 144 valence electrons. The van der Waals surface area contributed by atoms with Crippen LogP contribution in [0.3, 0.4) is 0 Å². The van der Waals surface area contributed by atoms with Crippen LogP contribution < -0.4 is 15.4 Å². The number of hydrogen-bond donors (Lipinski definition) is 2. The number of carbonyl (C=O) groups excluding carboxylic acids is 1. The fourth-order valence-corrected chi connectivity index (χ4v) is 3.06. The quantitative estimate of drug-likeness (QED) is 0.503.